The molecule has 70 valence electrons. The van der Waals surface area contributed by atoms with E-state index < -0.39 is 0 Å². The number of hydrogen-bond acceptors (Lipinski definition) is 1. The topological polar surface area (TPSA) is 12.0 Å². The van der Waals surface area contributed by atoms with Gasteiger partial charge in [-0.1, -0.05) is 29.8 Å². The van der Waals surface area contributed by atoms with Gasteiger partial charge in [-0.15, -0.1) is 6.58 Å². The van der Waals surface area contributed by atoms with Gasteiger partial charge in [0.1, 0.15) is 0 Å². The Morgan fingerprint density at radius 2 is 2.23 bits per heavy atom. The van der Waals surface area contributed by atoms with E-state index in [0.717, 1.165) is 10.6 Å². The second kappa shape index (κ2) is 4.45. The fraction of sp³-hybridized carbons (Fsp3) is 0.273. The fourth-order valence-electron chi connectivity index (χ4n) is 1.36. The molecule has 0 aromatic heterocycles. The monoisotopic (exact) mass is 195 g/mol. The van der Waals surface area contributed by atoms with Crippen LogP contribution >= 0.6 is 11.6 Å². The molecule has 0 saturated carbocycles. The summed E-state index contributed by atoms with van der Waals surface area (Å²) >= 11 is 6.01. The van der Waals surface area contributed by atoms with Gasteiger partial charge in [0.2, 0.25) is 0 Å². The number of rotatable bonds is 3. The predicted molar refractivity (Wildman–Crippen MR) is 58.2 cm³/mol. The van der Waals surface area contributed by atoms with Gasteiger partial charge in [0.25, 0.3) is 0 Å². The van der Waals surface area contributed by atoms with Crippen LogP contribution in [-0.2, 0) is 0 Å². The second-order valence-electron chi connectivity index (χ2n) is 2.96. The number of likely N-dealkylation sites (N-methyl/N-ethyl adjacent to an activating group) is 1. The van der Waals surface area contributed by atoms with Crippen LogP contribution in [-0.4, -0.2) is 7.05 Å². The Labute approximate surface area is 84.4 Å². The Kier molecular flexibility index (Phi) is 3.52. The molecule has 1 N–H and O–H groups in total. The molecule has 13 heavy (non-hydrogen) atoms. The molecule has 0 radical (unpaired) electrons. The minimum atomic E-state index is 0.179. The van der Waals surface area contributed by atoms with Crippen molar-refractivity contribution in [1.82, 2.24) is 5.32 Å². The normalized spacial score (nSPS) is 12.5. The number of nitrogens with one attached hydrogen (secondary N) is 1. The van der Waals surface area contributed by atoms with Crippen LogP contribution in [0.25, 0.3) is 0 Å². The van der Waals surface area contributed by atoms with Gasteiger partial charge in [0, 0.05) is 5.02 Å². The summed E-state index contributed by atoms with van der Waals surface area (Å²) in [6.07, 6.45) is 1.87. The van der Waals surface area contributed by atoms with Crippen LogP contribution in [0.3, 0.4) is 0 Å². The van der Waals surface area contributed by atoms with Crippen LogP contribution in [0.4, 0.5) is 0 Å². The molecule has 1 rings (SSSR count). The minimum Gasteiger partial charge on any atom is -0.310 e. The van der Waals surface area contributed by atoms with Gasteiger partial charge in [0.15, 0.2) is 0 Å². The Morgan fingerprint density at radius 3 is 2.77 bits per heavy atom. The van der Waals surface area contributed by atoms with E-state index in [0.29, 0.717) is 0 Å². The predicted octanol–water partition coefficient (Wildman–Crippen LogP) is 3.09. The van der Waals surface area contributed by atoms with Crippen molar-refractivity contribution >= 4 is 11.6 Å². The highest BCUT2D eigenvalue weighted by atomic mass is 35.5. The lowest BCUT2D eigenvalue weighted by Crippen LogP contribution is -2.14. The van der Waals surface area contributed by atoms with Crippen LogP contribution in [0.2, 0.25) is 5.02 Å². The molecule has 0 aliphatic carbocycles. The van der Waals surface area contributed by atoms with Gasteiger partial charge in [-0.25, -0.2) is 0 Å². The van der Waals surface area contributed by atoms with Crippen molar-refractivity contribution in [3.8, 4) is 0 Å². The quantitative estimate of drug-likeness (QED) is 0.731. The summed E-state index contributed by atoms with van der Waals surface area (Å²) < 4.78 is 0. The summed E-state index contributed by atoms with van der Waals surface area (Å²) in [5.74, 6) is 0. The molecule has 0 aliphatic rings. The molecule has 0 heterocycles. The van der Waals surface area contributed by atoms with E-state index in [-0.39, 0.29) is 6.04 Å². The standard InChI is InChI=1S/C11H14ClN/c1-4-11(13-3)9-6-5-7-10(12)8(9)2/h4-7,11,13H,1H2,2-3H3. The number of benzene rings is 1. The van der Waals surface area contributed by atoms with Gasteiger partial charge in [-0.2, -0.15) is 0 Å². The van der Waals surface area contributed by atoms with Crippen molar-refractivity contribution < 1.29 is 0 Å². The van der Waals surface area contributed by atoms with Crippen molar-refractivity contribution in [3.63, 3.8) is 0 Å². The van der Waals surface area contributed by atoms with Gasteiger partial charge < -0.3 is 5.32 Å². The average Bonchev–Trinajstić information content (AvgIpc) is 2.14. The van der Waals surface area contributed by atoms with Gasteiger partial charge >= 0.3 is 0 Å². The summed E-state index contributed by atoms with van der Waals surface area (Å²) in [6, 6.07) is 6.09. The van der Waals surface area contributed by atoms with E-state index in [1.54, 1.807) is 0 Å². The maximum Gasteiger partial charge on any atom is 0.0504 e. The molecule has 0 bridgehead atoms. The zero-order valence-electron chi connectivity index (χ0n) is 7.97. The summed E-state index contributed by atoms with van der Waals surface area (Å²) in [6.45, 7) is 5.79. The zero-order chi connectivity index (χ0) is 9.84. The Morgan fingerprint density at radius 1 is 1.54 bits per heavy atom. The molecule has 1 aromatic rings. The molecular weight excluding hydrogens is 182 g/mol. The molecule has 0 saturated heterocycles. The van der Waals surface area contributed by atoms with Crippen molar-refractivity contribution in [2.24, 2.45) is 0 Å². The van der Waals surface area contributed by atoms with Crippen LogP contribution in [0.5, 0.6) is 0 Å². The van der Waals surface area contributed by atoms with Crippen LogP contribution in [0.15, 0.2) is 30.9 Å². The summed E-state index contributed by atoms with van der Waals surface area (Å²) in [5, 5.41) is 3.96. The lowest BCUT2D eigenvalue weighted by atomic mass is 10.0. The van der Waals surface area contributed by atoms with Gasteiger partial charge in [-0.3, -0.25) is 0 Å². The summed E-state index contributed by atoms with van der Waals surface area (Å²) in [4.78, 5) is 0. The third-order valence-corrected chi connectivity index (χ3v) is 2.60. The molecule has 0 amide bonds. The maximum absolute atomic E-state index is 6.01. The first kappa shape index (κ1) is 10.3. The van der Waals surface area contributed by atoms with Crippen molar-refractivity contribution in [2.75, 3.05) is 7.05 Å². The first-order valence-corrected chi connectivity index (χ1v) is 4.63. The first-order chi connectivity index (χ1) is 6.20. The van der Waals surface area contributed by atoms with E-state index >= 15 is 0 Å². The maximum atomic E-state index is 6.01. The molecule has 2 heteroatoms. The Balaban J connectivity index is 3.13. The second-order valence-corrected chi connectivity index (χ2v) is 3.36. The molecule has 0 spiro atoms. The zero-order valence-corrected chi connectivity index (χ0v) is 8.73. The smallest absolute Gasteiger partial charge is 0.0504 e. The third-order valence-electron chi connectivity index (χ3n) is 2.19. The van der Waals surface area contributed by atoms with Gasteiger partial charge in [0.05, 0.1) is 6.04 Å². The highest BCUT2D eigenvalue weighted by Crippen LogP contribution is 2.24. The van der Waals surface area contributed by atoms with Gasteiger partial charge in [-0.05, 0) is 31.2 Å². The van der Waals surface area contributed by atoms with Crippen molar-refractivity contribution in [1.29, 1.82) is 0 Å². The molecule has 1 nitrogen and oxygen atoms in total. The fourth-order valence-corrected chi connectivity index (χ4v) is 1.54. The summed E-state index contributed by atoms with van der Waals surface area (Å²) in [7, 11) is 1.91. The first-order valence-electron chi connectivity index (χ1n) is 4.25. The lowest BCUT2D eigenvalue weighted by molar-refractivity contribution is 0.712. The molecule has 1 atom stereocenters. The van der Waals surface area contributed by atoms with E-state index in [4.69, 9.17) is 11.6 Å². The van der Waals surface area contributed by atoms with Crippen molar-refractivity contribution in [2.45, 2.75) is 13.0 Å². The van der Waals surface area contributed by atoms with E-state index in [1.807, 2.05) is 32.2 Å². The highest BCUT2D eigenvalue weighted by molar-refractivity contribution is 6.31. The molecular formula is C11H14ClN. The molecule has 1 unspecified atom stereocenters. The SMILES string of the molecule is C=CC(NC)c1cccc(Cl)c1C. The van der Waals surface area contributed by atoms with Crippen LogP contribution < -0.4 is 5.32 Å². The largest absolute Gasteiger partial charge is 0.310 e. The highest BCUT2D eigenvalue weighted by Gasteiger charge is 2.08. The number of hydrogen-bond donors (Lipinski definition) is 1. The Bertz CT molecular complexity index is 307. The van der Waals surface area contributed by atoms with Crippen molar-refractivity contribution in [3.05, 3.63) is 47.0 Å². The Hall–Kier alpha value is -0.790. The summed E-state index contributed by atoms with van der Waals surface area (Å²) in [5.41, 5.74) is 2.30. The molecule has 1 aromatic carbocycles. The van der Waals surface area contributed by atoms with E-state index in [9.17, 15) is 0 Å². The lowest BCUT2D eigenvalue weighted by Gasteiger charge is -2.15. The van der Waals surface area contributed by atoms with E-state index in [2.05, 4.69) is 18.0 Å². The average molecular weight is 196 g/mol. The van der Waals surface area contributed by atoms with E-state index in [1.165, 1.54) is 5.56 Å². The third kappa shape index (κ3) is 2.11. The minimum absolute atomic E-state index is 0.179. The molecule has 0 aliphatic heterocycles. The van der Waals surface area contributed by atoms with Crippen LogP contribution in [0, 0.1) is 6.92 Å². The molecule has 0 fully saturated rings. The number of halogens is 1. The van der Waals surface area contributed by atoms with Crippen LogP contribution in [0.1, 0.15) is 17.2 Å².